The summed E-state index contributed by atoms with van der Waals surface area (Å²) in [4.78, 5) is 10.7. The molecule has 0 aliphatic rings. The van der Waals surface area contributed by atoms with Gasteiger partial charge < -0.3 is 13.7 Å². The zero-order valence-corrected chi connectivity index (χ0v) is 12.6. The molecule has 0 aliphatic heterocycles. The number of furan rings is 2. The maximum absolute atomic E-state index is 5.50. The Hall–Kier alpha value is -3.09. The SMILES string of the molecule is Cc1cc(N(Cc2ccco2)Cc2ccco2)n2ncnc2n1. The molecular formula is C16H15N5O2. The summed E-state index contributed by atoms with van der Waals surface area (Å²) < 4.78 is 12.7. The third kappa shape index (κ3) is 2.68. The number of anilines is 1. The van der Waals surface area contributed by atoms with Crippen LogP contribution in [0.5, 0.6) is 0 Å². The molecule has 116 valence electrons. The van der Waals surface area contributed by atoms with Crippen LogP contribution in [0.2, 0.25) is 0 Å². The van der Waals surface area contributed by atoms with E-state index in [1.54, 1.807) is 17.0 Å². The van der Waals surface area contributed by atoms with Crippen molar-refractivity contribution in [1.82, 2.24) is 19.6 Å². The maximum Gasteiger partial charge on any atom is 0.254 e. The van der Waals surface area contributed by atoms with E-state index < -0.39 is 0 Å². The highest BCUT2D eigenvalue weighted by molar-refractivity contribution is 5.47. The molecule has 0 aromatic carbocycles. The lowest BCUT2D eigenvalue weighted by atomic mass is 10.3. The fourth-order valence-corrected chi connectivity index (χ4v) is 2.54. The minimum absolute atomic E-state index is 0.573. The maximum atomic E-state index is 5.50. The largest absolute Gasteiger partial charge is 0.467 e. The average molecular weight is 309 g/mol. The Kier molecular flexibility index (Phi) is 3.30. The summed E-state index contributed by atoms with van der Waals surface area (Å²) in [6, 6.07) is 9.63. The fraction of sp³-hybridized carbons (Fsp3) is 0.188. The van der Waals surface area contributed by atoms with Gasteiger partial charge >= 0.3 is 0 Å². The minimum atomic E-state index is 0.573. The zero-order valence-electron chi connectivity index (χ0n) is 12.6. The Morgan fingerprint density at radius 1 is 1.09 bits per heavy atom. The van der Waals surface area contributed by atoms with Crippen LogP contribution in [-0.4, -0.2) is 19.6 Å². The number of aryl methyl sites for hydroxylation is 1. The van der Waals surface area contributed by atoms with Gasteiger partial charge in [-0.1, -0.05) is 0 Å². The van der Waals surface area contributed by atoms with Crippen LogP contribution in [0.4, 0.5) is 5.82 Å². The molecule has 4 aromatic heterocycles. The zero-order chi connectivity index (χ0) is 15.6. The summed E-state index contributed by atoms with van der Waals surface area (Å²) >= 11 is 0. The van der Waals surface area contributed by atoms with Gasteiger partial charge in [0.05, 0.1) is 25.6 Å². The molecule has 0 bridgehead atoms. The number of hydrogen-bond donors (Lipinski definition) is 0. The van der Waals surface area contributed by atoms with Gasteiger partial charge in [-0.3, -0.25) is 0 Å². The first kappa shape index (κ1) is 13.6. The van der Waals surface area contributed by atoms with E-state index in [1.165, 1.54) is 6.33 Å². The second-order valence-corrected chi connectivity index (χ2v) is 5.24. The number of fused-ring (bicyclic) bond motifs is 1. The Bertz CT molecular complexity index is 860. The molecular weight excluding hydrogens is 294 g/mol. The molecule has 0 spiro atoms. The predicted octanol–water partition coefficient (Wildman–Crippen LogP) is 2.83. The summed E-state index contributed by atoms with van der Waals surface area (Å²) in [7, 11) is 0. The monoisotopic (exact) mass is 309 g/mol. The van der Waals surface area contributed by atoms with Gasteiger partial charge in [0.1, 0.15) is 23.7 Å². The van der Waals surface area contributed by atoms with E-state index >= 15 is 0 Å². The van der Waals surface area contributed by atoms with Crippen LogP contribution in [-0.2, 0) is 13.1 Å². The van der Waals surface area contributed by atoms with Crippen molar-refractivity contribution in [1.29, 1.82) is 0 Å². The van der Waals surface area contributed by atoms with Gasteiger partial charge in [-0.25, -0.2) is 4.98 Å². The molecule has 4 heterocycles. The molecule has 4 rings (SSSR count). The van der Waals surface area contributed by atoms with Crippen molar-refractivity contribution in [3.8, 4) is 0 Å². The quantitative estimate of drug-likeness (QED) is 0.564. The Balaban J connectivity index is 1.77. The smallest absolute Gasteiger partial charge is 0.254 e. The van der Waals surface area contributed by atoms with Crippen molar-refractivity contribution in [3.63, 3.8) is 0 Å². The second kappa shape index (κ2) is 5.60. The van der Waals surface area contributed by atoms with E-state index in [2.05, 4.69) is 20.0 Å². The standard InChI is InChI=1S/C16H15N5O2/c1-12-8-15(21-16(19-12)17-11-18-21)20(9-13-4-2-6-22-13)10-14-5-3-7-23-14/h2-8,11H,9-10H2,1H3. The highest BCUT2D eigenvalue weighted by atomic mass is 16.3. The van der Waals surface area contributed by atoms with Crippen molar-refractivity contribution in [2.75, 3.05) is 4.90 Å². The number of aromatic nitrogens is 4. The molecule has 0 amide bonds. The summed E-state index contributed by atoms with van der Waals surface area (Å²) in [5.41, 5.74) is 0.879. The van der Waals surface area contributed by atoms with Gasteiger partial charge in [0, 0.05) is 11.8 Å². The number of rotatable bonds is 5. The van der Waals surface area contributed by atoms with Crippen LogP contribution < -0.4 is 4.90 Å². The van der Waals surface area contributed by atoms with E-state index in [-0.39, 0.29) is 0 Å². The van der Waals surface area contributed by atoms with E-state index in [1.807, 2.05) is 37.3 Å². The van der Waals surface area contributed by atoms with Crippen LogP contribution in [0.1, 0.15) is 17.2 Å². The molecule has 0 atom stereocenters. The molecule has 0 saturated heterocycles. The van der Waals surface area contributed by atoms with Crippen LogP contribution in [0.15, 0.2) is 58.0 Å². The topological polar surface area (TPSA) is 72.6 Å². The van der Waals surface area contributed by atoms with Gasteiger partial charge in [0.25, 0.3) is 5.78 Å². The first-order valence-corrected chi connectivity index (χ1v) is 7.27. The lowest BCUT2D eigenvalue weighted by Gasteiger charge is -2.23. The molecule has 0 saturated carbocycles. The number of nitrogens with zero attached hydrogens (tertiary/aromatic N) is 5. The molecule has 0 N–H and O–H groups in total. The third-order valence-corrected chi connectivity index (χ3v) is 3.54. The first-order chi connectivity index (χ1) is 11.3. The molecule has 0 unspecified atom stereocenters. The van der Waals surface area contributed by atoms with Crippen molar-refractivity contribution in [3.05, 3.63) is 66.4 Å². The summed E-state index contributed by atoms with van der Waals surface area (Å²) in [5.74, 6) is 3.18. The van der Waals surface area contributed by atoms with E-state index in [0.29, 0.717) is 18.9 Å². The number of hydrogen-bond acceptors (Lipinski definition) is 6. The molecule has 4 aromatic rings. The van der Waals surface area contributed by atoms with Gasteiger partial charge in [-0.15, -0.1) is 0 Å². The summed E-state index contributed by atoms with van der Waals surface area (Å²) in [6.45, 7) is 3.12. The molecule has 7 heteroatoms. The van der Waals surface area contributed by atoms with Crippen molar-refractivity contribution in [2.24, 2.45) is 0 Å². The van der Waals surface area contributed by atoms with Gasteiger partial charge in [0.15, 0.2) is 0 Å². The Labute approximate surface area is 132 Å². The Morgan fingerprint density at radius 2 is 1.78 bits per heavy atom. The molecule has 23 heavy (non-hydrogen) atoms. The van der Waals surface area contributed by atoms with Gasteiger partial charge in [-0.2, -0.15) is 14.6 Å². The Morgan fingerprint density at radius 3 is 2.39 bits per heavy atom. The van der Waals surface area contributed by atoms with E-state index in [4.69, 9.17) is 8.83 Å². The molecule has 0 radical (unpaired) electrons. The highest BCUT2D eigenvalue weighted by Crippen LogP contribution is 2.21. The third-order valence-electron chi connectivity index (χ3n) is 3.54. The highest BCUT2D eigenvalue weighted by Gasteiger charge is 2.16. The van der Waals surface area contributed by atoms with Crippen LogP contribution in [0.25, 0.3) is 5.78 Å². The lowest BCUT2D eigenvalue weighted by Crippen LogP contribution is -2.24. The van der Waals surface area contributed by atoms with E-state index in [0.717, 1.165) is 23.0 Å². The van der Waals surface area contributed by atoms with Crippen molar-refractivity contribution < 1.29 is 8.83 Å². The summed E-state index contributed by atoms with van der Waals surface area (Å²) in [5, 5.41) is 4.28. The molecule has 0 aliphatic carbocycles. The predicted molar refractivity (Wildman–Crippen MR) is 82.8 cm³/mol. The van der Waals surface area contributed by atoms with Crippen LogP contribution >= 0.6 is 0 Å². The van der Waals surface area contributed by atoms with Gasteiger partial charge in [-0.05, 0) is 31.2 Å². The molecule has 7 nitrogen and oxygen atoms in total. The second-order valence-electron chi connectivity index (χ2n) is 5.24. The molecule has 0 fully saturated rings. The first-order valence-electron chi connectivity index (χ1n) is 7.27. The van der Waals surface area contributed by atoms with Crippen LogP contribution in [0.3, 0.4) is 0 Å². The van der Waals surface area contributed by atoms with Crippen molar-refractivity contribution in [2.45, 2.75) is 20.0 Å². The lowest BCUT2D eigenvalue weighted by molar-refractivity contribution is 0.474. The average Bonchev–Trinajstić information content (AvgIpc) is 3.28. The summed E-state index contributed by atoms with van der Waals surface area (Å²) in [6.07, 6.45) is 4.84. The minimum Gasteiger partial charge on any atom is -0.467 e. The fourth-order valence-electron chi connectivity index (χ4n) is 2.54. The normalized spacial score (nSPS) is 11.2. The van der Waals surface area contributed by atoms with Gasteiger partial charge in [0.2, 0.25) is 0 Å². The van der Waals surface area contributed by atoms with Crippen molar-refractivity contribution >= 4 is 11.6 Å². The van der Waals surface area contributed by atoms with E-state index in [9.17, 15) is 0 Å². The van der Waals surface area contributed by atoms with Crippen LogP contribution in [0, 0.1) is 6.92 Å².